The highest BCUT2D eigenvalue weighted by molar-refractivity contribution is 5.74. The standard InChI is InChI=1S/C6H11NO5/c1-12-7-4(6(10)11)2-3-5(8)9/h4,7H,2-3H2,1H3,(H,8,9)(H,10,11)/t4-/m0/s1. The van der Waals surface area contributed by atoms with E-state index in [-0.39, 0.29) is 12.8 Å². The summed E-state index contributed by atoms with van der Waals surface area (Å²) in [6.07, 6.45) is -0.203. The lowest BCUT2D eigenvalue weighted by molar-refractivity contribution is -0.144. The number of aliphatic carboxylic acids is 2. The summed E-state index contributed by atoms with van der Waals surface area (Å²) in [6.45, 7) is 0. The number of nitrogens with one attached hydrogen (secondary N) is 1. The average molecular weight is 177 g/mol. The van der Waals surface area contributed by atoms with Gasteiger partial charge in [0.05, 0.1) is 7.11 Å². The second kappa shape index (κ2) is 5.50. The van der Waals surface area contributed by atoms with Crippen molar-refractivity contribution in [3.8, 4) is 0 Å². The number of carboxylic acid groups (broad SMARTS) is 2. The minimum absolute atomic E-state index is 0.00148. The SMILES string of the molecule is CON[C@@H](CCC(=O)O)C(=O)O. The Kier molecular flexibility index (Phi) is 4.98. The first-order chi connectivity index (χ1) is 5.57. The molecule has 0 aromatic carbocycles. The highest BCUT2D eigenvalue weighted by atomic mass is 16.6. The number of hydrogen-bond donors (Lipinski definition) is 3. The largest absolute Gasteiger partial charge is 0.481 e. The van der Waals surface area contributed by atoms with E-state index in [1.807, 2.05) is 0 Å². The second-order valence-electron chi connectivity index (χ2n) is 2.15. The molecule has 12 heavy (non-hydrogen) atoms. The Labute approximate surface area is 69.1 Å². The van der Waals surface area contributed by atoms with Crippen molar-refractivity contribution < 1.29 is 24.6 Å². The maximum Gasteiger partial charge on any atom is 0.323 e. The maximum atomic E-state index is 10.4. The summed E-state index contributed by atoms with van der Waals surface area (Å²) >= 11 is 0. The van der Waals surface area contributed by atoms with Crippen LogP contribution >= 0.6 is 0 Å². The van der Waals surface area contributed by atoms with Crippen molar-refractivity contribution in [1.29, 1.82) is 0 Å². The highest BCUT2D eigenvalue weighted by Gasteiger charge is 2.17. The molecule has 6 heteroatoms. The Morgan fingerprint density at radius 2 is 2.08 bits per heavy atom. The average Bonchev–Trinajstić information content (AvgIpc) is 1.96. The molecule has 6 nitrogen and oxygen atoms in total. The van der Waals surface area contributed by atoms with E-state index in [9.17, 15) is 9.59 Å². The van der Waals surface area contributed by atoms with Gasteiger partial charge in [0, 0.05) is 6.42 Å². The van der Waals surface area contributed by atoms with Crippen LogP contribution in [0.2, 0.25) is 0 Å². The summed E-state index contributed by atoms with van der Waals surface area (Å²) in [7, 11) is 1.27. The molecule has 0 saturated heterocycles. The normalized spacial score (nSPS) is 12.4. The molecular weight excluding hydrogens is 166 g/mol. The summed E-state index contributed by atoms with van der Waals surface area (Å²) in [4.78, 5) is 24.8. The molecule has 0 aromatic heterocycles. The smallest absolute Gasteiger partial charge is 0.323 e. The van der Waals surface area contributed by atoms with Crippen molar-refractivity contribution in [2.75, 3.05) is 7.11 Å². The molecule has 0 heterocycles. The first-order valence-corrected chi connectivity index (χ1v) is 3.31. The minimum Gasteiger partial charge on any atom is -0.481 e. The third-order valence-corrected chi connectivity index (χ3v) is 1.21. The van der Waals surface area contributed by atoms with Crippen LogP contribution in [0.25, 0.3) is 0 Å². The minimum atomic E-state index is -1.13. The molecule has 0 amide bonds. The van der Waals surface area contributed by atoms with Crippen LogP contribution in [0.3, 0.4) is 0 Å². The molecule has 70 valence electrons. The van der Waals surface area contributed by atoms with Crippen molar-refractivity contribution in [3.05, 3.63) is 0 Å². The molecule has 0 unspecified atom stereocenters. The van der Waals surface area contributed by atoms with E-state index in [0.717, 1.165) is 0 Å². The number of hydrogen-bond acceptors (Lipinski definition) is 4. The molecule has 0 rings (SSSR count). The predicted octanol–water partition coefficient (Wildman–Crippen LogP) is -0.545. The lowest BCUT2D eigenvalue weighted by Crippen LogP contribution is -2.36. The Morgan fingerprint density at radius 3 is 2.42 bits per heavy atom. The summed E-state index contributed by atoms with van der Waals surface area (Å²) in [5, 5.41) is 16.7. The van der Waals surface area contributed by atoms with E-state index in [4.69, 9.17) is 10.2 Å². The van der Waals surface area contributed by atoms with Crippen molar-refractivity contribution in [1.82, 2.24) is 5.48 Å². The fourth-order valence-corrected chi connectivity index (χ4v) is 0.643. The van der Waals surface area contributed by atoms with Gasteiger partial charge >= 0.3 is 11.9 Å². The van der Waals surface area contributed by atoms with E-state index in [2.05, 4.69) is 10.3 Å². The van der Waals surface area contributed by atoms with Crippen LogP contribution in [-0.4, -0.2) is 35.3 Å². The van der Waals surface area contributed by atoms with E-state index >= 15 is 0 Å². The molecule has 0 aliphatic heterocycles. The van der Waals surface area contributed by atoms with E-state index in [1.165, 1.54) is 7.11 Å². The van der Waals surface area contributed by atoms with E-state index < -0.39 is 18.0 Å². The topological polar surface area (TPSA) is 95.9 Å². The Bertz CT molecular complexity index is 169. The van der Waals surface area contributed by atoms with Crippen LogP contribution < -0.4 is 5.48 Å². The molecule has 0 fully saturated rings. The molecule has 0 aliphatic rings. The van der Waals surface area contributed by atoms with Gasteiger partial charge in [-0.3, -0.25) is 9.59 Å². The molecule has 0 bridgehead atoms. The Morgan fingerprint density at radius 1 is 1.50 bits per heavy atom. The molecule has 3 N–H and O–H groups in total. The number of rotatable bonds is 6. The van der Waals surface area contributed by atoms with Gasteiger partial charge < -0.3 is 15.1 Å². The summed E-state index contributed by atoms with van der Waals surface area (Å²) in [5.74, 6) is -2.16. The van der Waals surface area contributed by atoms with Gasteiger partial charge in [0.2, 0.25) is 0 Å². The lowest BCUT2D eigenvalue weighted by atomic mass is 10.2. The maximum absolute atomic E-state index is 10.4. The third kappa shape index (κ3) is 4.64. The van der Waals surface area contributed by atoms with Gasteiger partial charge in [-0.1, -0.05) is 0 Å². The Hall–Kier alpha value is -1.14. The lowest BCUT2D eigenvalue weighted by Gasteiger charge is -2.10. The molecule has 0 aliphatic carbocycles. The Balaban J connectivity index is 3.79. The fourth-order valence-electron chi connectivity index (χ4n) is 0.643. The van der Waals surface area contributed by atoms with Crippen LogP contribution in [0, 0.1) is 0 Å². The molecule has 0 spiro atoms. The van der Waals surface area contributed by atoms with Crippen molar-refractivity contribution in [3.63, 3.8) is 0 Å². The van der Waals surface area contributed by atoms with Gasteiger partial charge in [0.1, 0.15) is 6.04 Å². The van der Waals surface area contributed by atoms with Crippen molar-refractivity contribution in [2.45, 2.75) is 18.9 Å². The summed E-state index contributed by atoms with van der Waals surface area (Å²) in [6, 6.07) is -0.967. The summed E-state index contributed by atoms with van der Waals surface area (Å²) < 4.78 is 0. The third-order valence-electron chi connectivity index (χ3n) is 1.21. The number of carboxylic acids is 2. The van der Waals surface area contributed by atoms with Gasteiger partial charge in [0.25, 0.3) is 0 Å². The molecule has 0 radical (unpaired) electrons. The fraction of sp³-hybridized carbons (Fsp3) is 0.667. The van der Waals surface area contributed by atoms with Gasteiger partial charge in [-0.2, -0.15) is 5.48 Å². The predicted molar refractivity (Wildman–Crippen MR) is 38.4 cm³/mol. The van der Waals surface area contributed by atoms with Crippen LogP contribution in [0.1, 0.15) is 12.8 Å². The van der Waals surface area contributed by atoms with Gasteiger partial charge in [0.15, 0.2) is 0 Å². The van der Waals surface area contributed by atoms with Crippen molar-refractivity contribution in [2.24, 2.45) is 0 Å². The van der Waals surface area contributed by atoms with Crippen LogP contribution in [-0.2, 0) is 14.4 Å². The zero-order valence-electron chi connectivity index (χ0n) is 6.61. The zero-order valence-corrected chi connectivity index (χ0v) is 6.61. The van der Waals surface area contributed by atoms with Crippen LogP contribution in [0.5, 0.6) is 0 Å². The molecule has 1 atom stereocenters. The zero-order chi connectivity index (χ0) is 9.56. The summed E-state index contributed by atoms with van der Waals surface area (Å²) in [5.41, 5.74) is 2.17. The first kappa shape index (κ1) is 10.9. The van der Waals surface area contributed by atoms with Crippen LogP contribution in [0.15, 0.2) is 0 Å². The van der Waals surface area contributed by atoms with Gasteiger partial charge in [-0.15, -0.1) is 0 Å². The first-order valence-electron chi connectivity index (χ1n) is 3.31. The molecular formula is C6H11NO5. The van der Waals surface area contributed by atoms with E-state index in [0.29, 0.717) is 0 Å². The van der Waals surface area contributed by atoms with Gasteiger partial charge in [-0.25, -0.2) is 0 Å². The molecule has 0 saturated carbocycles. The highest BCUT2D eigenvalue weighted by Crippen LogP contribution is 1.97. The number of hydroxylamine groups is 1. The van der Waals surface area contributed by atoms with Crippen molar-refractivity contribution >= 4 is 11.9 Å². The monoisotopic (exact) mass is 177 g/mol. The van der Waals surface area contributed by atoms with Crippen LogP contribution in [0.4, 0.5) is 0 Å². The second-order valence-corrected chi connectivity index (χ2v) is 2.15. The van der Waals surface area contributed by atoms with Gasteiger partial charge in [-0.05, 0) is 6.42 Å². The molecule has 0 aromatic rings. The number of carbonyl (C=O) groups is 2. The quantitative estimate of drug-likeness (QED) is 0.471. The van der Waals surface area contributed by atoms with E-state index in [1.54, 1.807) is 0 Å².